The van der Waals surface area contributed by atoms with Crippen LogP contribution in [-0.4, -0.2) is 36.1 Å². The van der Waals surface area contributed by atoms with E-state index in [9.17, 15) is 0 Å². The summed E-state index contributed by atoms with van der Waals surface area (Å²) in [7, 11) is 4.88. The predicted octanol–water partition coefficient (Wildman–Crippen LogP) is 4.07. The van der Waals surface area contributed by atoms with Gasteiger partial charge < -0.3 is 19.5 Å². The van der Waals surface area contributed by atoms with Crippen LogP contribution >= 0.6 is 0 Å². The van der Waals surface area contributed by atoms with Crippen molar-refractivity contribution in [2.75, 3.05) is 26.6 Å². The number of hydrogen-bond donors (Lipinski definition) is 1. The second-order valence-electron chi connectivity index (χ2n) is 7.24. The van der Waals surface area contributed by atoms with Crippen LogP contribution in [-0.2, 0) is 0 Å². The van der Waals surface area contributed by atoms with E-state index >= 15 is 0 Å². The standard InChI is InChI=1S/C22H26N4O3/c1-13-6-7-15(10-14(13)2)17-11-18(26-22(25-17)23-12-24-26)16-8-9-19(27-3)21(29-5)20(16)28-4/h6-10,12,17-18H,11H2,1-5H3,(H,23,24,25). The van der Waals surface area contributed by atoms with E-state index in [2.05, 4.69) is 47.4 Å². The highest BCUT2D eigenvalue weighted by Crippen LogP contribution is 2.46. The summed E-state index contributed by atoms with van der Waals surface area (Å²) in [6.07, 6.45) is 2.37. The number of methoxy groups -OCH3 is 3. The van der Waals surface area contributed by atoms with Gasteiger partial charge in [0.1, 0.15) is 6.33 Å². The Balaban J connectivity index is 1.80. The van der Waals surface area contributed by atoms with Gasteiger partial charge in [0.2, 0.25) is 11.7 Å². The van der Waals surface area contributed by atoms with Crippen LogP contribution in [0.1, 0.15) is 40.8 Å². The molecule has 1 aliphatic rings. The quantitative estimate of drug-likeness (QED) is 0.704. The molecule has 0 saturated carbocycles. The van der Waals surface area contributed by atoms with E-state index in [1.54, 1.807) is 27.7 Å². The van der Waals surface area contributed by atoms with Crippen LogP contribution in [0, 0.1) is 13.8 Å². The highest BCUT2D eigenvalue weighted by Gasteiger charge is 2.33. The summed E-state index contributed by atoms with van der Waals surface area (Å²) >= 11 is 0. The summed E-state index contributed by atoms with van der Waals surface area (Å²) in [6, 6.07) is 10.5. The number of hydrogen-bond acceptors (Lipinski definition) is 6. The van der Waals surface area contributed by atoms with E-state index < -0.39 is 0 Å². The van der Waals surface area contributed by atoms with Crippen molar-refractivity contribution in [3.8, 4) is 17.2 Å². The van der Waals surface area contributed by atoms with Crippen molar-refractivity contribution < 1.29 is 14.2 Å². The Bertz CT molecular complexity index is 1030. The van der Waals surface area contributed by atoms with Crippen LogP contribution < -0.4 is 19.5 Å². The number of nitrogens with one attached hydrogen (secondary N) is 1. The third kappa shape index (κ3) is 3.26. The molecule has 0 spiro atoms. The van der Waals surface area contributed by atoms with Crippen LogP contribution in [0.3, 0.4) is 0 Å². The Kier molecular flexibility index (Phi) is 5.05. The molecule has 1 aromatic heterocycles. The molecule has 0 radical (unpaired) electrons. The van der Waals surface area contributed by atoms with Gasteiger partial charge in [0.05, 0.1) is 33.4 Å². The highest BCUT2D eigenvalue weighted by molar-refractivity contribution is 5.57. The third-order valence-corrected chi connectivity index (χ3v) is 5.66. The van der Waals surface area contributed by atoms with Gasteiger partial charge in [-0.2, -0.15) is 10.1 Å². The zero-order chi connectivity index (χ0) is 20.5. The van der Waals surface area contributed by atoms with Crippen molar-refractivity contribution in [1.82, 2.24) is 14.8 Å². The lowest BCUT2D eigenvalue weighted by molar-refractivity contribution is 0.315. The van der Waals surface area contributed by atoms with Crippen molar-refractivity contribution in [3.05, 3.63) is 58.9 Å². The Morgan fingerprint density at radius 2 is 1.76 bits per heavy atom. The average Bonchev–Trinajstić information content (AvgIpc) is 3.22. The van der Waals surface area contributed by atoms with E-state index in [1.165, 1.54) is 16.7 Å². The molecule has 2 atom stereocenters. The Hall–Kier alpha value is -3.22. The van der Waals surface area contributed by atoms with E-state index in [4.69, 9.17) is 14.2 Å². The smallest absolute Gasteiger partial charge is 0.222 e. The molecule has 7 nitrogen and oxygen atoms in total. The first-order valence-corrected chi connectivity index (χ1v) is 9.59. The first-order chi connectivity index (χ1) is 14.1. The second kappa shape index (κ2) is 7.66. The molecule has 4 rings (SSSR count). The normalized spacial score (nSPS) is 18.0. The molecule has 0 bridgehead atoms. The lowest BCUT2D eigenvalue weighted by Gasteiger charge is -2.33. The van der Waals surface area contributed by atoms with Gasteiger partial charge in [0, 0.05) is 5.56 Å². The van der Waals surface area contributed by atoms with Crippen molar-refractivity contribution >= 4 is 5.95 Å². The molecule has 0 saturated heterocycles. The predicted molar refractivity (Wildman–Crippen MR) is 111 cm³/mol. The minimum Gasteiger partial charge on any atom is -0.493 e. The first kappa shape index (κ1) is 19.1. The number of aromatic nitrogens is 3. The number of ether oxygens (including phenoxy) is 3. The summed E-state index contributed by atoms with van der Waals surface area (Å²) < 4.78 is 18.7. The molecule has 0 amide bonds. The molecule has 0 fully saturated rings. The number of nitrogens with zero attached hydrogens (tertiary/aromatic N) is 3. The maximum Gasteiger partial charge on any atom is 0.222 e. The minimum atomic E-state index is -0.0601. The van der Waals surface area contributed by atoms with Gasteiger partial charge in [-0.1, -0.05) is 18.2 Å². The molecule has 2 unspecified atom stereocenters. The summed E-state index contributed by atoms with van der Waals surface area (Å²) in [6.45, 7) is 4.26. The maximum absolute atomic E-state index is 5.74. The van der Waals surface area contributed by atoms with Gasteiger partial charge in [-0.3, -0.25) is 0 Å². The fourth-order valence-corrected chi connectivity index (χ4v) is 3.97. The monoisotopic (exact) mass is 394 g/mol. The van der Waals surface area contributed by atoms with Crippen molar-refractivity contribution in [2.24, 2.45) is 0 Å². The van der Waals surface area contributed by atoms with Crippen molar-refractivity contribution in [1.29, 1.82) is 0 Å². The molecule has 2 heterocycles. The van der Waals surface area contributed by atoms with Crippen LogP contribution in [0.25, 0.3) is 0 Å². The molecule has 0 aliphatic carbocycles. The Labute approximate surface area is 170 Å². The molecule has 29 heavy (non-hydrogen) atoms. The number of aryl methyl sites for hydroxylation is 2. The summed E-state index contributed by atoms with van der Waals surface area (Å²) in [5.41, 5.74) is 4.77. The third-order valence-electron chi connectivity index (χ3n) is 5.66. The SMILES string of the molecule is COc1ccc(C2CC(c3ccc(C)c(C)c3)Nc3ncnn32)c(OC)c1OC. The van der Waals surface area contributed by atoms with Gasteiger partial charge in [-0.25, -0.2) is 4.68 Å². The molecule has 152 valence electrons. The molecular formula is C22H26N4O3. The van der Waals surface area contributed by atoms with E-state index in [1.807, 2.05) is 16.8 Å². The first-order valence-electron chi connectivity index (χ1n) is 9.59. The second-order valence-corrected chi connectivity index (χ2v) is 7.24. The molecule has 1 N–H and O–H groups in total. The average molecular weight is 394 g/mol. The fourth-order valence-electron chi connectivity index (χ4n) is 3.97. The summed E-state index contributed by atoms with van der Waals surface area (Å²) in [4.78, 5) is 4.42. The van der Waals surface area contributed by atoms with E-state index in [0.29, 0.717) is 17.2 Å². The fraction of sp³-hybridized carbons (Fsp3) is 0.364. The van der Waals surface area contributed by atoms with Gasteiger partial charge in [0.25, 0.3) is 0 Å². The molecule has 3 aromatic rings. The maximum atomic E-state index is 5.74. The van der Waals surface area contributed by atoms with Gasteiger partial charge in [-0.05, 0) is 49.1 Å². The summed E-state index contributed by atoms with van der Waals surface area (Å²) in [5, 5.41) is 7.98. The van der Waals surface area contributed by atoms with E-state index in [0.717, 1.165) is 17.9 Å². The van der Waals surface area contributed by atoms with Crippen molar-refractivity contribution in [3.63, 3.8) is 0 Å². The minimum absolute atomic E-state index is 0.0601. The van der Waals surface area contributed by atoms with Crippen LogP contribution in [0.15, 0.2) is 36.7 Å². The molecule has 2 aromatic carbocycles. The topological polar surface area (TPSA) is 70.4 Å². The number of fused-ring (bicyclic) bond motifs is 1. The van der Waals surface area contributed by atoms with E-state index in [-0.39, 0.29) is 12.1 Å². The number of benzene rings is 2. The Morgan fingerprint density at radius 1 is 0.966 bits per heavy atom. The van der Waals surface area contributed by atoms with Gasteiger partial charge >= 0.3 is 0 Å². The molecular weight excluding hydrogens is 368 g/mol. The van der Waals surface area contributed by atoms with Gasteiger partial charge in [0.15, 0.2) is 11.5 Å². The lowest BCUT2D eigenvalue weighted by Crippen LogP contribution is -2.28. The van der Waals surface area contributed by atoms with Crippen LogP contribution in [0.5, 0.6) is 17.2 Å². The molecule has 7 heteroatoms. The summed E-state index contributed by atoms with van der Waals surface area (Å²) in [5.74, 6) is 2.60. The van der Waals surface area contributed by atoms with Crippen LogP contribution in [0.4, 0.5) is 5.95 Å². The number of anilines is 1. The largest absolute Gasteiger partial charge is 0.493 e. The van der Waals surface area contributed by atoms with Crippen molar-refractivity contribution in [2.45, 2.75) is 32.4 Å². The van der Waals surface area contributed by atoms with Gasteiger partial charge in [-0.15, -0.1) is 0 Å². The Morgan fingerprint density at radius 3 is 2.45 bits per heavy atom. The zero-order valence-electron chi connectivity index (χ0n) is 17.4. The molecule has 1 aliphatic heterocycles. The highest BCUT2D eigenvalue weighted by atomic mass is 16.5. The zero-order valence-corrected chi connectivity index (χ0v) is 17.4. The lowest BCUT2D eigenvalue weighted by atomic mass is 9.91. The number of rotatable bonds is 5. The van der Waals surface area contributed by atoms with Crippen LogP contribution in [0.2, 0.25) is 0 Å².